The number of fused-ring (bicyclic) bond motifs is 1. The first-order chi connectivity index (χ1) is 11.1. The second-order valence-corrected chi connectivity index (χ2v) is 5.96. The number of carbonyl (C=O) groups is 1. The highest BCUT2D eigenvalue weighted by Gasteiger charge is 2.29. The molecule has 120 valence electrons. The topological polar surface area (TPSA) is 66.1 Å². The van der Waals surface area contributed by atoms with Gasteiger partial charge in [0.1, 0.15) is 5.82 Å². The van der Waals surface area contributed by atoms with Gasteiger partial charge in [0.2, 0.25) is 5.91 Å². The van der Waals surface area contributed by atoms with E-state index in [1.165, 1.54) is 0 Å². The fourth-order valence-electron chi connectivity index (χ4n) is 3.20. The zero-order chi connectivity index (χ0) is 16.4. The summed E-state index contributed by atoms with van der Waals surface area (Å²) in [6.07, 6.45) is 1.38. The van der Waals surface area contributed by atoms with Gasteiger partial charge in [-0.1, -0.05) is 37.3 Å². The van der Waals surface area contributed by atoms with Gasteiger partial charge in [-0.3, -0.25) is 9.59 Å². The van der Waals surface area contributed by atoms with Crippen molar-refractivity contribution in [3.8, 4) is 0 Å². The van der Waals surface area contributed by atoms with Gasteiger partial charge in [0.15, 0.2) is 0 Å². The molecule has 1 N–H and O–H groups in total. The van der Waals surface area contributed by atoms with Gasteiger partial charge in [-0.05, 0) is 18.9 Å². The van der Waals surface area contributed by atoms with E-state index in [1.54, 1.807) is 11.8 Å². The Balaban J connectivity index is 1.85. The average molecular weight is 311 g/mol. The summed E-state index contributed by atoms with van der Waals surface area (Å²) in [6.45, 7) is 4.76. The number of aromatic nitrogens is 2. The Bertz CT molecular complexity index is 768. The maximum absolute atomic E-state index is 12.9. The predicted octanol–water partition coefficient (Wildman–Crippen LogP) is 2.16. The van der Waals surface area contributed by atoms with E-state index in [2.05, 4.69) is 9.97 Å². The van der Waals surface area contributed by atoms with Crippen LogP contribution in [-0.4, -0.2) is 27.3 Å². The van der Waals surface area contributed by atoms with Crippen molar-refractivity contribution in [2.75, 3.05) is 6.54 Å². The number of hydrogen-bond donors (Lipinski definition) is 1. The summed E-state index contributed by atoms with van der Waals surface area (Å²) in [5.74, 6) is 0.559. The molecule has 0 bridgehead atoms. The van der Waals surface area contributed by atoms with Crippen LogP contribution < -0.4 is 5.56 Å². The van der Waals surface area contributed by atoms with E-state index in [4.69, 9.17) is 0 Å². The third-order valence-corrected chi connectivity index (χ3v) is 4.41. The number of nitrogens with one attached hydrogen (secondary N) is 1. The molecule has 2 aromatic rings. The quantitative estimate of drug-likeness (QED) is 0.944. The number of aryl methyl sites for hydroxylation is 1. The Hall–Kier alpha value is -2.43. The fourth-order valence-corrected chi connectivity index (χ4v) is 3.20. The van der Waals surface area contributed by atoms with E-state index in [9.17, 15) is 9.59 Å². The summed E-state index contributed by atoms with van der Waals surface area (Å²) in [7, 11) is 0. The van der Waals surface area contributed by atoms with Crippen LogP contribution in [0.4, 0.5) is 0 Å². The predicted molar refractivity (Wildman–Crippen MR) is 88.2 cm³/mol. The van der Waals surface area contributed by atoms with Gasteiger partial charge in [-0.15, -0.1) is 0 Å². The van der Waals surface area contributed by atoms with E-state index >= 15 is 0 Å². The van der Waals surface area contributed by atoms with E-state index in [1.807, 2.05) is 37.3 Å². The number of aromatic amines is 1. The van der Waals surface area contributed by atoms with Crippen molar-refractivity contribution < 1.29 is 4.79 Å². The number of benzene rings is 1. The summed E-state index contributed by atoms with van der Waals surface area (Å²) in [4.78, 5) is 34.0. The summed E-state index contributed by atoms with van der Waals surface area (Å²) >= 11 is 0. The summed E-state index contributed by atoms with van der Waals surface area (Å²) < 4.78 is 0. The molecule has 2 heterocycles. The second kappa shape index (κ2) is 6.36. The Labute approximate surface area is 135 Å². The Kier molecular flexibility index (Phi) is 4.28. The van der Waals surface area contributed by atoms with Crippen LogP contribution >= 0.6 is 0 Å². The minimum atomic E-state index is -0.157. The molecule has 0 radical (unpaired) electrons. The Morgan fingerprint density at radius 2 is 2.09 bits per heavy atom. The molecule has 5 nitrogen and oxygen atoms in total. The first-order valence-electron chi connectivity index (χ1n) is 8.02. The van der Waals surface area contributed by atoms with Crippen LogP contribution in [0.1, 0.15) is 41.9 Å². The van der Waals surface area contributed by atoms with Crippen LogP contribution in [0.3, 0.4) is 0 Å². The lowest BCUT2D eigenvalue weighted by Gasteiger charge is -2.31. The van der Waals surface area contributed by atoms with Gasteiger partial charge < -0.3 is 9.88 Å². The molecule has 1 atom stereocenters. The normalized spacial score (nSPS) is 15.1. The molecule has 0 fully saturated rings. The molecular formula is C18H21N3O2. The van der Waals surface area contributed by atoms with Gasteiger partial charge in [-0.25, -0.2) is 4.98 Å². The second-order valence-electron chi connectivity index (χ2n) is 5.96. The Morgan fingerprint density at radius 1 is 1.35 bits per heavy atom. The van der Waals surface area contributed by atoms with Gasteiger partial charge in [0, 0.05) is 13.0 Å². The van der Waals surface area contributed by atoms with Crippen molar-refractivity contribution >= 4 is 5.91 Å². The molecule has 1 aliphatic heterocycles. The largest absolute Gasteiger partial charge is 0.337 e. The van der Waals surface area contributed by atoms with Crippen LogP contribution in [0.2, 0.25) is 0 Å². The number of hydrogen-bond acceptors (Lipinski definition) is 3. The lowest BCUT2D eigenvalue weighted by molar-refractivity contribution is -0.133. The fraction of sp³-hybridized carbons (Fsp3) is 0.389. The highest BCUT2D eigenvalue weighted by Crippen LogP contribution is 2.24. The van der Waals surface area contributed by atoms with Crippen LogP contribution in [0, 0.1) is 6.92 Å². The third kappa shape index (κ3) is 3.04. The lowest BCUT2D eigenvalue weighted by Crippen LogP contribution is -2.41. The summed E-state index contributed by atoms with van der Waals surface area (Å²) in [5, 5.41) is 0. The molecule has 1 aliphatic rings. The van der Waals surface area contributed by atoms with Crippen molar-refractivity contribution in [2.45, 2.75) is 39.2 Å². The average Bonchev–Trinajstić information content (AvgIpc) is 2.56. The highest BCUT2D eigenvalue weighted by atomic mass is 16.2. The molecule has 1 aromatic carbocycles. The summed E-state index contributed by atoms with van der Waals surface area (Å²) in [6, 6.07) is 9.83. The van der Waals surface area contributed by atoms with E-state index in [0.717, 1.165) is 17.7 Å². The molecule has 1 amide bonds. The number of carbonyl (C=O) groups excluding carboxylic acids is 1. The molecule has 0 unspecified atom stereocenters. The smallest absolute Gasteiger partial charge is 0.256 e. The van der Waals surface area contributed by atoms with Gasteiger partial charge in [0.05, 0.1) is 23.7 Å². The van der Waals surface area contributed by atoms with Crippen LogP contribution in [0.15, 0.2) is 35.1 Å². The van der Waals surface area contributed by atoms with Crippen molar-refractivity contribution in [3.63, 3.8) is 0 Å². The standard InChI is InChI=1S/C18H21N3O2/c1-3-14(13-7-5-4-6-8-13)18(23)21-10-9-16-15(11-21)17(22)20-12(2)19-16/h4-8,14H,3,9-11H2,1-2H3,(H,19,20,22)/t14-/m1/s1. The van der Waals surface area contributed by atoms with Crippen molar-refractivity contribution in [2.24, 2.45) is 0 Å². The SMILES string of the molecule is CC[C@@H](C(=O)N1CCc2nc(C)[nH]c(=O)c2C1)c1ccccc1. The maximum Gasteiger partial charge on any atom is 0.256 e. The molecule has 5 heteroatoms. The van der Waals surface area contributed by atoms with Crippen molar-refractivity contribution in [3.05, 3.63) is 63.3 Å². The number of amides is 1. The molecule has 1 aromatic heterocycles. The summed E-state index contributed by atoms with van der Waals surface area (Å²) in [5.41, 5.74) is 2.35. The van der Waals surface area contributed by atoms with Crippen LogP contribution in [-0.2, 0) is 17.8 Å². The van der Waals surface area contributed by atoms with Gasteiger partial charge in [0.25, 0.3) is 5.56 Å². The zero-order valence-corrected chi connectivity index (χ0v) is 13.5. The first kappa shape index (κ1) is 15.5. The number of nitrogens with zero attached hydrogens (tertiary/aromatic N) is 2. The molecule has 0 saturated heterocycles. The minimum absolute atomic E-state index is 0.0873. The molecule has 0 spiro atoms. The molecule has 23 heavy (non-hydrogen) atoms. The van der Waals surface area contributed by atoms with E-state index in [0.29, 0.717) is 30.9 Å². The first-order valence-corrected chi connectivity index (χ1v) is 8.02. The van der Waals surface area contributed by atoms with E-state index < -0.39 is 0 Å². The monoisotopic (exact) mass is 311 g/mol. The molecular weight excluding hydrogens is 290 g/mol. The molecule has 0 aliphatic carbocycles. The number of rotatable bonds is 3. The van der Waals surface area contributed by atoms with Crippen LogP contribution in [0.5, 0.6) is 0 Å². The lowest BCUT2D eigenvalue weighted by atomic mass is 9.94. The van der Waals surface area contributed by atoms with Gasteiger partial charge >= 0.3 is 0 Å². The van der Waals surface area contributed by atoms with E-state index in [-0.39, 0.29) is 17.4 Å². The zero-order valence-electron chi connectivity index (χ0n) is 13.5. The number of H-pyrrole nitrogens is 1. The molecule has 3 rings (SSSR count). The van der Waals surface area contributed by atoms with Crippen molar-refractivity contribution in [1.29, 1.82) is 0 Å². The Morgan fingerprint density at radius 3 is 2.78 bits per heavy atom. The van der Waals surface area contributed by atoms with Crippen LogP contribution in [0.25, 0.3) is 0 Å². The van der Waals surface area contributed by atoms with Gasteiger partial charge in [-0.2, -0.15) is 0 Å². The molecule has 0 saturated carbocycles. The highest BCUT2D eigenvalue weighted by molar-refractivity contribution is 5.84. The van der Waals surface area contributed by atoms with Crippen molar-refractivity contribution in [1.82, 2.24) is 14.9 Å². The minimum Gasteiger partial charge on any atom is -0.337 e. The maximum atomic E-state index is 12.9. The third-order valence-electron chi connectivity index (χ3n) is 4.41.